The molecule has 2 aliphatic rings. The number of nitrogens with zero attached hydrogens (tertiary/aromatic N) is 3. The van der Waals surface area contributed by atoms with Crippen molar-refractivity contribution in [3.05, 3.63) is 210 Å². The van der Waals surface area contributed by atoms with E-state index in [9.17, 15) is 0 Å². The van der Waals surface area contributed by atoms with E-state index in [4.69, 9.17) is 9.97 Å². The van der Waals surface area contributed by atoms with E-state index in [1.54, 1.807) is 0 Å². The molecule has 0 bridgehead atoms. The molecule has 0 saturated heterocycles. The molecule has 3 nitrogen and oxygen atoms in total. The van der Waals surface area contributed by atoms with E-state index in [1.807, 2.05) is 0 Å². The monoisotopic (exact) mass is 685 g/mol. The van der Waals surface area contributed by atoms with Crippen molar-refractivity contribution in [2.75, 3.05) is 0 Å². The van der Waals surface area contributed by atoms with Crippen LogP contribution in [0.1, 0.15) is 22.3 Å². The lowest BCUT2D eigenvalue weighted by molar-refractivity contribution is 0.782. The molecule has 0 N–H and O–H groups in total. The summed E-state index contributed by atoms with van der Waals surface area (Å²) in [6.45, 7) is 0. The predicted molar refractivity (Wildman–Crippen MR) is 221 cm³/mol. The van der Waals surface area contributed by atoms with Crippen molar-refractivity contribution < 1.29 is 0 Å². The SMILES string of the molecule is c1ccc(-c2cccc(-c3cc(-c4ccccc4)nc(-n4c5ccc6c7c5c5c8c(cccc8ccc54)C7(c4ccccc4)c4ccccc4-6)n3)c2)cc1. The van der Waals surface area contributed by atoms with Gasteiger partial charge in [0.25, 0.3) is 0 Å². The predicted octanol–water partition coefficient (Wildman–Crippen LogP) is 12.4. The van der Waals surface area contributed by atoms with Gasteiger partial charge in [0.1, 0.15) is 0 Å². The molecule has 54 heavy (non-hydrogen) atoms. The van der Waals surface area contributed by atoms with E-state index >= 15 is 0 Å². The lowest BCUT2D eigenvalue weighted by Gasteiger charge is -2.37. The highest BCUT2D eigenvalue weighted by atomic mass is 15.2. The number of hydrogen-bond donors (Lipinski definition) is 0. The van der Waals surface area contributed by atoms with Gasteiger partial charge in [0.15, 0.2) is 0 Å². The summed E-state index contributed by atoms with van der Waals surface area (Å²) in [5, 5.41) is 5.11. The third kappa shape index (κ3) is 3.85. The Morgan fingerprint density at radius 3 is 1.81 bits per heavy atom. The average molecular weight is 686 g/mol. The first-order valence-corrected chi connectivity index (χ1v) is 18.6. The highest BCUT2D eigenvalue weighted by molar-refractivity contribution is 6.27. The van der Waals surface area contributed by atoms with E-state index in [0.29, 0.717) is 5.95 Å². The third-order valence-electron chi connectivity index (χ3n) is 11.8. The molecule has 0 radical (unpaired) electrons. The van der Waals surface area contributed by atoms with Crippen LogP contribution >= 0.6 is 0 Å². The molecule has 2 aromatic heterocycles. The van der Waals surface area contributed by atoms with E-state index in [1.165, 1.54) is 60.5 Å². The topological polar surface area (TPSA) is 30.7 Å². The summed E-state index contributed by atoms with van der Waals surface area (Å²) in [7, 11) is 0. The van der Waals surface area contributed by atoms with Crippen LogP contribution < -0.4 is 0 Å². The number of fused-ring (bicyclic) bond motifs is 4. The van der Waals surface area contributed by atoms with Crippen LogP contribution in [0, 0.1) is 0 Å². The molecule has 0 saturated carbocycles. The molecule has 8 aromatic carbocycles. The maximum atomic E-state index is 5.46. The molecular weight excluding hydrogens is 655 g/mol. The molecule has 1 atom stereocenters. The molecule has 1 unspecified atom stereocenters. The van der Waals surface area contributed by atoms with E-state index in [2.05, 4.69) is 193 Å². The highest BCUT2D eigenvalue weighted by Gasteiger charge is 2.50. The van der Waals surface area contributed by atoms with Gasteiger partial charge in [-0.15, -0.1) is 0 Å². The lowest BCUT2D eigenvalue weighted by Crippen LogP contribution is -2.30. The number of benzene rings is 8. The van der Waals surface area contributed by atoms with Crippen LogP contribution in [-0.4, -0.2) is 14.5 Å². The van der Waals surface area contributed by atoms with Crippen molar-refractivity contribution >= 4 is 32.6 Å². The summed E-state index contributed by atoms with van der Waals surface area (Å²) in [5.74, 6) is 0.663. The molecule has 0 spiro atoms. The molecule has 3 heteroatoms. The molecular formula is C51H31N3. The maximum Gasteiger partial charge on any atom is 0.235 e. The quantitative estimate of drug-likeness (QED) is 0.181. The first-order valence-electron chi connectivity index (χ1n) is 18.6. The summed E-state index contributed by atoms with van der Waals surface area (Å²) in [6.07, 6.45) is 0. The van der Waals surface area contributed by atoms with Crippen LogP contribution in [0.3, 0.4) is 0 Å². The van der Waals surface area contributed by atoms with Gasteiger partial charge in [0.2, 0.25) is 5.95 Å². The molecule has 0 fully saturated rings. The summed E-state index contributed by atoms with van der Waals surface area (Å²) >= 11 is 0. The number of hydrogen-bond acceptors (Lipinski definition) is 2. The van der Waals surface area contributed by atoms with Crippen molar-refractivity contribution in [3.63, 3.8) is 0 Å². The van der Waals surface area contributed by atoms with Crippen LogP contribution in [-0.2, 0) is 5.41 Å². The average Bonchev–Trinajstić information content (AvgIpc) is 3.76. The zero-order valence-corrected chi connectivity index (χ0v) is 29.2. The van der Waals surface area contributed by atoms with E-state index in [0.717, 1.165) is 39.1 Å². The molecule has 10 aromatic rings. The van der Waals surface area contributed by atoms with Gasteiger partial charge in [-0.05, 0) is 79.5 Å². The Morgan fingerprint density at radius 1 is 0.389 bits per heavy atom. The lowest BCUT2D eigenvalue weighted by atomic mass is 9.63. The van der Waals surface area contributed by atoms with Crippen LogP contribution in [0.5, 0.6) is 0 Å². The first kappa shape index (κ1) is 29.5. The molecule has 12 rings (SSSR count). The summed E-state index contributed by atoms with van der Waals surface area (Å²) < 4.78 is 2.32. The Hall–Kier alpha value is -7.10. The van der Waals surface area contributed by atoms with Gasteiger partial charge in [0, 0.05) is 21.9 Å². The second-order valence-corrected chi connectivity index (χ2v) is 14.5. The second-order valence-electron chi connectivity index (χ2n) is 14.5. The van der Waals surface area contributed by atoms with Gasteiger partial charge in [-0.3, -0.25) is 4.57 Å². The first-order chi connectivity index (χ1) is 26.8. The number of rotatable bonds is 5. The largest absolute Gasteiger partial charge is 0.278 e. The van der Waals surface area contributed by atoms with Gasteiger partial charge < -0.3 is 0 Å². The minimum atomic E-state index is -0.463. The van der Waals surface area contributed by atoms with Gasteiger partial charge in [0.05, 0.1) is 27.8 Å². The molecule has 250 valence electrons. The van der Waals surface area contributed by atoms with Crippen molar-refractivity contribution in [2.45, 2.75) is 5.41 Å². The Labute approximate surface area is 312 Å². The van der Waals surface area contributed by atoms with Crippen LogP contribution in [0.4, 0.5) is 0 Å². The molecule has 0 aliphatic heterocycles. The summed E-state index contributed by atoms with van der Waals surface area (Å²) in [4.78, 5) is 10.9. The zero-order valence-electron chi connectivity index (χ0n) is 29.2. The van der Waals surface area contributed by atoms with Crippen molar-refractivity contribution in [2.24, 2.45) is 0 Å². The van der Waals surface area contributed by atoms with Gasteiger partial charge in [-0.2, -0.15) is 0 Å². The van der Waals surface area contributed by atoms with Crippen LogP contribution in [0.2, 0.25) is 0 Å². The van der Waals surface area contributed by atoms with Crippen molar-refractivity contribution in [1.29, 1.82) is 0 Å². The number of aromatic nitrogens is 3. The highest BCUT2D eigenvalue weighted by Crippen LogP contribution is 2.63. The smallest absolute Gasteiger partial charge is 0.235 e. The normalized spacial score (nSPS) is 15.1. The van der Waals surface area contributed by atoms with Gasteiger partial charge in [-0.1, -0.05) is 164 Å². The van der Waals surface area contributed by atoms with Crippen LogP contribution in [0.15, 0.2) is 188 Å². The van der Waals surface area contributed by atoms with Gasteiger partial charge in [-0.25, -0.2) is 9.97 Å². The Kier molecular flexibility index (Phi) is 5.98. The fourth-order valence-electron chi connectivity index (χ4n) is 9.64. The fraction of sp³-hybridized carbons (Fsp3) is 0.0196. The minimum Gasteiger partial charge on any atom is -0.278 e. The fourth-order valence-corrected chi connectivity index (χ4v) is 9.64. The van der Waals surface area contributed by atoms with E-state index in [-0.39, 0.29) is 0 Å². The minimum absolute atomic E-state index is 0.463. The standard InChI is InChI=1S/C51H31N3/c1-4-14-32(15-5-1)35-19-12-20-36(30-35)43-31-42(33-16-6-2-7-17-33)52-50(53-43)54-44-28-26-34-18-13-25-41-46(34)47(44)48-45(54)29-27-39-38-23-10-11-24-40(38)51(41,49(39)48)37-21-8-3-9-22-37/h1-31H. The second kappa shape index (κ2) is 11.0. The van der Waals surface area contributed by atoms with E-state index < -0.39 is 5.41 Å². The summed E-state index contributed by atoms with van der Waals surface area (Å²) in [5.41, 5.74) is 15.9. The third-order valence-corrected chi connectivity index (χ3v) is 11.8. The molecule has 2 heterocycles. The van der Waals surface area contributed by atoms with Crippen LogP contribution in [0.25, 0.3) is 83.3 Å². The Bertz CT molecular complexity index is 3140. The zero-order chi connectivity index (χ0) is 35.4. The van der Waals surface area contributed by atoms with Crippen molar-refractivity contribution in [1.82, 2.24) is 14.5 Å². The maximum absolute atomic E-state index is 5.46. The Morgan fingerprint density at radius 2 is 1.00 bits per heavy atom. The molecule has 0 amide bonds. The van der Waals surface area contributed by atoms with Crippen molar-refractivity contribution in [3.8, 4) is 50.7 Å². The molecule has 2 aliphatic carbocycles. The van der Waals surface area contributed by atoms with Gasteiger partial charge >= 0.3 is 0 Å². The Balaban J connectivity index is 1.21. The summed E-state index contributed by atoms with van der Waals surface area (Å²) in [6, 6.07) is 68.1.